The summed E-state index contributed by atoms with van der Waals surface area (Å²) in [7, 11) is 0. The summed E-state index contributed by atoms with van der Waals surface area (Å²) in [6.07, 6.45) is 1.80. The number of nitrogens with zero attached hydrogens (tertiary/aromatic N) is 2. The molecule has 5 nitrogen and oxygen atoms in total. The van der Waals surface area contributed by atoms with E-state index in [1.165, 1.54) is 0 Å². The van der Waals surface area contributed by atoms with Gasteiger partial charge in [0.15, 0.2) is 5.96 Å². The molecule has 0 saturated carbocycles. The largest absolute Gasteiger partial charge is 0.493 e. The van der Waals surface area contributed by atoms with Crippen molar-refractivity contribution in [1.29, 1.82) is 0 Å². The minimum Gasteiger partial charge on any atom is -0.493 e. The van der Waals surface area contributed by atoms with Crippen LogP contribution in [0.4, 0.5) is 0 Å². The molecule has 2 aromatic rings. The number of ether oxygens (including phenoxy) is 1. The number of hydrogen-bond donors (Lipinski definition) is 2. The third-order valence-corrected chi connectivity index (χ3v) is 3.46. The minimum atomic E-state index is 0.494. The van der Waals surface area contributed by atoms with Crippen molar-refractivity contribution in [2.45, 2.75) is 33.9 Å². The van der Waals surface area contributed by atoms with Gasteiger partial charge in [-0.2, -0.15) is 0 Å². The Labute approximate surface area is 150 Å². The Balaban J connectivity index is 2.00. The first kappa shape index (κ1) is 18.8. The molecule has 0 aliphatic carbocycles. The quantitative estimate of drug-likeness (QED) is 0.571. The van der Waals surface area contributed by atoms with Gasteiger partial charge in [-0.15, -0.1) is 0 Å². The van der Waals surface area contributed by atoms with Crippen molar-refractivity contribution in [3.63, 3.8) is 0 Å². The Bertz CT molecular complexity index is 656. The highest BCUT2D eigenvalue weighted by atomic mass is 16.5. The van der Waals surface area contributed by atoms with E-state index < -0.39 is 0 Å². The lowest BCUT2D eigenvalue weighted by atomic mass is 10.2. The predicted molar refractivity (Wildman–Crippen MR) is 103 cm³/mol. The maximum absolute atomic E-state index is 5.90. The van der Waals surface area contributed by atoms with Crippen LogP contribution in [0.5, 0.6) is 5.75 Å². The third kappa shape index (κ3) is 6.83. The SMILES string of the molecule is CCNC(=NCc1ccccc1OCC(C)C)NCc1ccccn1. The summed E-state index contributed by atoms with van der Waals surface area (Å²) in [4.78, 5) is 8.99. The molecule has 2 N–H and O–H groups in total. The monoisotopic (exact) mass is 340 g/mol. The van der Waals surface area contributed by atoms with Crippen LogP contribution in [0, 0.1) is 5.92 Å². The van der Waals surface area contributed by atoms with E-state index >= 15 is 0 Å². The van der Waals surface area contributed by atoms with Gasteiger partial charge >= 0.3 is 0 Å². The fraction of sp³-hybridized carbons (Fsp3) is 0.400. The first-order chi connectivity index (χ1) is 12.2. The average molecular weight is 340 g/mol. The minimum absolute atomic E-state index is 0.494. The maximum Gasteiger partial charge on any atom is 0.191 e. The summed E-state index contributed by atoms with van der Waals surface area (Å²) in [5.74, 6) is 2.17. The molecular weight excluding hydrogens is 312 g/mol. The molecule has 0 fully saturated rings. The van der Waals surface area contributed by atoms with Crippen LogP contribution in [-0.2, 0) is 13.1 Å². The zero-order valence-electron chi connectivity index (χ0n) is 15.3. The normalized spacial score (nSPS) is 11.4. The van der Waals surface area contributed by atoms with Crippen LogP contribution in [0.1, 0.15) is 32.0 Å². The van der Waals surface area contributed by atoms with Crippen LogP contribution in [0.25, 0.3) is 0 Å². The zero-order chi connectivity index (χ0) is 17.9. The predicted octanol–water partition coefficient (Wildman–Crippen LogP) is 3.37. The van der Waals surface area contributed by atoms with E-state index in [0.29, 0.717) is 25.6 Å². The highest BCUT2D eigenvalue weighted by Crippen LogP contribution is 2.19. The van der Waals surface area contributed by atoms with Crippen LogP contribution in [-0.4, -0.2) is 24.1 Å². The first-order valence-corrected chi connectivity index (χ1v) is 8.81. The standard InChI is InChI=1S/C20H28N4O/c1-4-21-20(24-14-18-10-7-8-12-22-18)23-13-17-9-5-6-11-19(17)25-15-16(2)3/h5-12,16H,4,13-15H2,1-3H3,(H2,21,23,24). The lowest BCUT2D eigenvalue weighted by Gasteiger charge is -2.14. The Morgan fingerprint density at radius 1 is 1.12 bits per heavy atom. The van der Waals surface area contributed by atoms with E-state index in [1.807, 2.05) is 36.4 Å². The molecule has 0 radical (unpaired) electrons. The fourth-order valence-electron chi connectivity index (χ4n) is 2.21. The molecule has 1 aromatic heterocycles. The number of rotatable bonds is 8. The van der Waals surface area contributed by atoms with Crippen molar-refractivity contribution in [1.82, 2.24) is 15.6 Å². The number of guanidine groups is 1. The van der Waals surface area contributed by atoms with Gasteiger partial charge in [0, 0.05) is 18.3 Å². The van der Waals surface area contributed by atoms with Gasteiger partial charge in [-0.05, 0) is 31.0 Å². The van der Waals surface area contributed by atoms with Crippen molar-refractivity contribution in [2.75, 3.05) is 13.2 Å². The van der Waals surface area contributed by atoms with Gasteiger partial charge in [0.05, 0.1) is 25.4 Å². The Morgan fingerprint density at radius 3 is 2.64 bits per heavy atom. The van der Waals surface area contributed by atoms with Gasteiger partial charge in [0.25, 0.3) is 0 Å². The summed E-state index contributed by atoms with van der Waals surface area (Å²) in [5, 5.41) is 6.58. The number of hydrogen-bond acceptors (Lipinski definition) is 3. The van der Waals surface area contributed by atoms with E-state index in [-0.39, 0.29) is 0 Å². The van der Waals surface area contributed by atoms with Crippen molar-refractivity contribution in [2.24, 2.45) is 10.9 Å². The van der Waals surface area contributed by atoms with Crippen molar-refractivity contribution in [3.05, 3.63) is 59.9 Å². The molecular formula is C20H28N4O. The topological polar surface area (TPSA) is 58.5 Å². The molecule has 0 atom stereocenters. The summed E-state index contributed by atoms with van der Waals surface area (Å²) < 4.78 is 5.90. The van der Waals surface area contributed by atoms with Crippen LogP contribution in [0.15, 0.2) is 53.7 Å². The summed E-state index contributed by atoms with van der Waals surface area (Å²) in [6, 6.07) is 14.0. The van der Waals surface area contributed by atoms with Gasteiger partial charge in [0.1, 0.15) is 5.75 Å². The van der Waals surface area contributed by atoms with Crippen LogP contribution >= 0.6 is 0 Å². The van der Waals surface area contributed by atoms with Crippen LogP contribution in [0.2, 0.25) is 0 Å². The van der Waals surface area contributed by atoms with E-state index in [1.54, 1.807) is 6.20 Å². The molecule has 0 aliphatic heterocycles. The van der Waals surface area contributed by atoms with E-state index in [0.717, 1.165) is 29.5 Å². The molecule has 1 aromatic carbocycles. The van der Waals surface area contributed by atoms with Crippen molar-refractivity contribution < 1.29 is 4.74 Å². The number of aromatic nitrogens is 1. The Kier molecular flexibility index (Phi) is 7.76. The lowest BCUT2D eigenvalue weighted by Crippen LogP contribution is -2.37. The molecule has 1 heterocycles. The fourth-order valence-corrected chi connectivity index (χ4v) is 2.21. The number of benzene rings is 1. The molecule has 0 amide bonds. The second-order valence-electron chi connectivity index (χ2n) is 6.18. The molecule has 0 bridgehead atoms. The van der Waals surface area contributed by atoms with Crippen LogP contribution in [0.3, 0.4) is 0 Å². The van der Waals surface area contributed by atoms with Gasteiger partial charge in [-0.25, -0.2) is 4.99 Å². The van der Waals surface area contributed by atoms with Gasteiger partial charge in [-0.3, -0.25) is 4.98 Å². The summed E-state index contributed by atoms with van der Waals surface area (Å²) in [5.41, 5.74) is 2.06. The molecule has 134 valence electrons. The molecule has 0 saturated heterocycles. The summed E-state index contributed by atoms with van der Waals surface area (Å²) in [6.45, 7) is 9.05. The molecule has 0 aliphatic rings. The van der Waals surface area contributed by atoms with E-state index in [9.17, 15) is 0 Å². The number of pyridine rings is 1. The molecule has 5 heteroatoms. The Hall–Kier alpha value is -2.56. The van der Waals surface area contributed by atoms with Crippen LogP contribution < -0.4 is 15.4 Å². The smallest absolute Gasteiger partial charge is 0.191 e. The molecule has 25 heavy (non-hydrogen) atoms. The van der Waals surface area contributed by atoms with Gasteiger partial charge in [0.2, 0.25) is 0 Å². The molecule has 2 rings (SSSR count). The Morgan fingerprint density at radius 2 is 1.92 bits per heavy atom. The van der Waals surface area contributed by atoms with E-state index in [4.69, 9.17) is 4.74 Å². The second kappa shape index (κ2) is 10.3. The zero-order valence-corrected chi connectivity index (χ0v) is 15.3. The van der Waals surface area contributed by atoms with Gasteiger partial charge < -0.3 is 15.4 Å². The second-order valence-corrected chi connectivity index (χ2v) is 6.18. The molecule has 0 unspecified atom stereocenters. The summed E-state index contributed by atoms with van der Waals surface area (Å²) >= 11 is 0. The van der Waals surface area contributed by atoms with Crippen molar-refractivity contribution >= 4 is 5.96 Å². The first-order valence-electron chi connectivity index (χ1n) is 8.81. The number of nitrogens with one attached hydrogen (secondary N) is 2. The lowest BCUT2D eigenvalue weighted by molar-refractivity contribution is 0.268. The average Bonchev–Trinajstić information content (AvgIpc) is 2.63. The highest BCUT2D eigenvalue weighted by Gasteiger charge is 2.05. The maximum atomic E-state index is 5.90. The molecule has 0 spiro atoms. The number of aliphatic imine (C=N–C) groups is 1. The third-order valence-electron chi connectivity index (χ3n) is 3.46. The number of para-hydroxylation sites is 1. The highest BCUT2D eigenvalue weighted by molar-refractivity contribution is 5.79. The van der Waals surface area contributed by atoms with Gasteiger partial charge in [-0.1, -0.05) is 38.1 Å². The van der Waals surface area contributed by atoms with E-state index in [2.05, 4.69) is 47.4 Å². The van der Waals surface area contributed by atoms with Crippen molar-refractivity contribution in [3.8, 4) is 5.75 Å².